The quantitative estimate of drug-likeness (QED) is 0.844. The highest BCUT2D eigenvalue weighted by atomic mass is 16.7. The molecule has 1 aromatic carbocycles. The van der Waals surface area contributed by atoms with Crippen LogP contribution in [0.1, 0.15) is 47.1 Å². The van der Waals surface area contributed by atoms with Gasteiger partial charge in [-0.25, -0.2) is 0 Å². The summed E-state index contributed by atoms with van der Waals surface area (Å²) in [5.41, 5.74) is 7.51. The molecule has 1 aliphatic heterocycles. The maximum Gasteiger partial charge on any atom is 0.494 e. The van der Waals surface area contributed by atoms with Crippen molar-refractivity contribution in [2.45, 2.75) is 52.7 Å². The predicted molar refractivity (Wildman–Crippen MR) is 86.7 cm³/mol. The maximum atomic E-state index is 5.97. The van der Waals surface area contributed by atoms with E-state index in [2.05, 4.69) is 6.58 Å². The molecule has 0 atom stereocenters. The van der Waals surface area contributed by atoms with Crippen molar-refractivity contribution in [2.24, 2.45) is 5.73 Å². The molecule has 2 N–H and O–H groups in total. The zero-order chi connectivity index (χ0) is 15.6. The minimum atomic E-state index is -0.324. The van der Waals surface area contributed by atoms with E-state index in [0.29, 0.717) is 5.70 Å². The van der Waals surface area contributed by atoms with Crippen molar-refractivity contribution in [1.29, 1.82) is 0 Å². The Balaban J connectivity index is 0.000000956. The summed E-state index contributed by atoms with van der Waals surface area (Å²) < 4.78 is 11.9. The molecule has 1 aliphatic rings. The Bertz CT molecular complexity index is 450. The molecule has 0 spiro atoms. The third-order valence-electron chi connectivity index (χ3n) is 3.81. The molecule has 0 saturated carbocycles. The topological polar surface area (TPSA) is 44.5 Å². The van der Waals surface area contributed by atoms with Crippen LogP contribution in [0.3, 0.4) is 0 Å². The Morgan fingerprint density at radius 1 is 1.00 bits per heavy atom. The second-order valence-electron chi connectivity index (χ2n) is 5.74. The van der Waals surface area contributed by atoms with E-state index in [4.69, 9.17) is 15.0 Å². The van der Waals surface area contributed by atoms with E-state index in [-0.39, 0.29) is 18.3 Å². The van der Waals surface area contributed by atoms with Gasteiger partial charge in [0.15, 0.2) is 0 Å². The van der Waals surface area contributed by atoms with Gasteiger partial charge in [0.05, 0.1) is 11.2 Å². The molecular formula is C16H26BNO2. The Hall–Kier alpha value is -1.26. The van der Waals surface area contributed by atoms with Crippen molar-refractivity contribution < 1.29 is 9.31 Å². The van der Waals surface area contributed by atoms with Gasteiger partial charge in [0.25, 0.3) is 0 Å². The van der Waals surface area contributed by atoms with Crippen LogP contribution in [0.4, 0.5) is 0 Å². The second-order valence-corrected chi connectivity index (χ2v) is 5.74. The first-order chi connectivity index (χ1) is 9.23. The molecular weight excluding hydrogens is 249 g/mol. The lowest BCUT2D eigenvalue weighted by Crippen LogP contribution is -2.41. The fraction of sp³-hybridized carbons (Fsp3) is 0.500. The van der Waals surface area contributed by atoms with E-state index in [1.807, 2.05) is 65.8 Å². The van der Waals surface area contributed by atoms with Gasteiger partial charge in [-0.15, -0.1) is 0 Å². The molecule has 1 aromatic rings. The SMILES string of the molecule is C=C(N)c1ccc(B2OC(C)(C)C(C)(C)O2)cc1.CC. The van der Waals surface area contributed by atoms with E-state index in [1.165, 1.54) is 0 Å². The highest BCUT2D eigenvalue weighted by molar-refractivity contribution is 6.62. The lowest BCUT2D eigenvalue weighted by atomic mass is 9.79. The van der Waals surface area contributed by atoms with E-state index >= 15 is 0 Å². The Labute approximate surface area is 123 Å². The van der Waals surface area contributed by atoms with Crippen LogP contribution in [0.25, 0.3) is 5.70 Å². The van der Waals surface area contributed by atoms with Gasteiger partial charge in [-0.05, 0) is 38.7 Å². The largest absolute Gasteiger partial charge is 0.494 e. The van der Waals surface area contributed by atoms with Crippen LogP contribution < -0.4 is 11.2 Å². The van der Waals surface area contributed by atoms with Crippen molar-refractivity contribution in [2.75, 3.05) is 0 Å². The summed E-state index contributed by atoms with van der Waals surface area (Å²) in [6.45, 7) is 15.9. The third-order valence-corrected chi connectivity index (χ3v) is 3.81. The highest BCUT2D eigenvalue weighted by Crippen LogP contribution is 2.36. The van der Waals surface area contributed by atoms with Gasteiger partial charge in [0.1, 0.15) is 0 Å². The molecule has 1 fully saturated rings. The van der Waals surface area contributed by atoms with Gasteiger partial charge < -0.3 is 15.0 Å². The molecule has 4 heteroatoms. The smallest absolute Gasteiger partial charge is 0.399 e. The first-order valence-corrected chi connectivity index (χ1v) is 7.13. The monoisotopic (exact) mass is 275 g/mol. The van der Waals surface area contributed by atoms with Crippen molar-refractivity contribution >= 4 is 18.3 Å². The van der Waals surface area contributed by atoms with Gasteiger partial charge in [-0.1, -0.05) is 44.7 Å². The summed E-state index contributed by atoms with van der Waals surface area (Å²) >= 11 is 0. The summed E-state index contributed by atoms with van der Waals surface area (Å²) in [5.74, 6) is 0. The molecule has 0 bridgehead atoms. The zero-order valence-electron chi connectivity index (χ0n) is 13.5. The molecule has 1 saturated heterocycles. The Morgan fingerprint density at radius 3 is 1.75 bits per heavy atom. The standard InChI is InChI=1S/C14H20BNO2.C2H6/c1-10(16)11-6-8-12(9-7-11)15-17-13(2,3)14(4,5)18-15;1-2/h6-9H,1,16H2,2-5H3;1-2H3. The first-order valence-electron chi connectivity index (χ1n) is 7.13. The van der Waals surface area contributed by atoms with Crippen LogP contribution in [-0.2, 0) is 9.31 Å². The second kappa shape index (κ2) is 6.02. The zero-order valence-corrected chi connectivity index (χ0v) is 13.5. The van der Waals surface area contributed by atoms with Crippen LogP contribution in [0.5, 0.6) is 0 Å². The normalized spacial score (nSPS) is 19.2. The van der Waals surface area contributed by atoms with Gasteiger partial charge in [0.2, 0.25) is 0 Å². The van der Waals surface area contributed by atoms with Crippen LogP contribution >= 0.6 is 0 Å². The number of benzene rings is 1. The van der Waals surface area contributed by atoms with Gasteiger partial charge >= 0.3 is 7.12 Å². The minimum absolute atomic E-state index is 0.312. The van der Waals surface area contributed by atoms with E-state index in [0.717, 1.165) is 11.0 Å². The molecule has 0 aliphatic carbocycles. The maximum absolute atomic E-state index is 5.97. The van der Waals surface area contributed by atoms with E-state index in [1.54, 1.807) is 0 Å². The predicted octanol–water partition coefficient (Wildman–Crippen LogP) is 2.94. The Morgan fingerprint density at radius 2 is 1.40 bits per heavy atom. The van der Waals surface area contributed by atoms with Gasteiger partial charge in [-0.2, -0.15) is 0 Å². The lowest BCUT2D eigenvalue weighted by molar-refractivity contribution is 0.00578. The Kier molecular flexibility index (Phi) is 5.06. The summed E-state index contributed by atoms with van der Waals surface area (Å²) in [5, 5.41) is 0. The average Bonchev–Trinajstić information content (AvgIpc) is 2.61. The number of hydrogen-bond donors (Lipinski definition) is 1. The summed E-state index contributed by atoms with van der Waals surface area (Å²) in [4.78, 5) is 0. The van der Waals surface area contributed by atoms with Crippen LogP contribution in [0, 0.1) is 0 Å². The van der Waals surface area contributed by atoms with Crippen LogP contribution in [0.2, 0.25) is 0 Å². The molecule has 0 amide bonds. The molecule has 0 unspecified atom stereocenters. The summed E-state index contributed by atoms with van der Waals surface area (Å²) in [7, 11) is -0.324. The molecule has 3 nitrogen and oxygen atoms in total. The average molecular weight is 275 g/mol. The summed E-state index contributed by atoms with van der Waals surface area (Å²) in [6.07, 6.45) is 0. The summed E-state index contributed by atoms with van der Waals surface area (Å²) in [6, 6.07) is 7.80. The third kappa shape index (κ3) is 3.25. The number of rotatable bonds is 2. The highest BCUT2D eigenvalue weighted by Gasteiger charge is 2.51. The number of hydrogen-bond acceptors (Lipinski definition) is 3. The van der Waals surface area contributed by atoms with Crippen molar-refractivity contribution in [3.63, 3.8) is 0 Å². The van der Waals surface area contributed by atoms with Crippen molar-refractivity contribution in [3.8, 4) is 0 Å². The molecule has 20 heavy (non-hydrogen) atoms. The number of nitrogens with two attached hydrogens (primary N) is 1. The fourth-order valence-corrected chi connectivity index (χ4v) is 1.83. The molecule has 0 aromatic heterocycles. The first kappa shape index (κ1) is 16.8. The van der Waals surface area contributed by atoms with E-state index in [9.17, 15) is 0 Å². The molecule has 0 radical (unpaired) electrons. The van der Waals surface area contributed by atoms with Crippen molar-refractivity contribution in [1.82, 2.24) is 0 Å². The molecule has 1 heterocycles. The fourth-order valence-electron chi connectivity index (χ4n) is 1.83. The van der Waals surface area contributed by atoms with Crippen molar-refractivity contribution in [3.05, 3.63) is 36.4 Å². The van der Waals surface area contributed by atoms with E-state index < -0.39 is 0 Å². The minimum Gasteiger partial charge on any atom is -0.399 e. The van der Waals surface area contributed by atoms with Gasteiger partial charge in [0, 0.05) is 5.70 Å². The molecule has 2 rings (SSSR count). The molecule has 110 valence electrons. The van der Waals surface area contributed by atoms with Crippen LogP contribution in [0.15, 0.2) is 30.8 Å². The van der Waals surface area contributed by atoms with Crippen LogP contribution in [-0.4, -0.2) is 18.3 Å². The lowest BCUT2D eigenvalue weighted by Gasteiger charge is -2.32. The van der Waals surface area contributed by atoms with Gasteiger partial charge in [-0.3, -0.25) is 0 Å².